The highest BCUT2D eigenvalue weighted by molar-refractivity contribution is 5.41. The number of hydrogen-bond acceptors (Lipinski definition) is 2. The number of nitrogens with zero attached hydrogens (tertiary/aromatic N) is 2. The molecule has 1 heterocycles. The lowest BCUT2D eigenvalue weighted by Gasteiger charge is -2.22. The SMILES string of the molecule is CCN(Cc1ccccc1)c1nc(F)c(F)cc1F. The van der Waals surface area contributed by atoms with Crippen LogP contribution in [0.25, 0.3) is 0 Å². The number of anilines is 1. The van der Waals surface area contributed by atoms with E-state index in [1.54, 1.807) is 11.8 Å². The summed E-state index contributed by atoms with van der Waals surface area (Å²) in [7, 11) is 0. The van der Waals surface area contributed by atoms with Crippen molar-refractivity contribution in [3.63, 3.8) is 0 Å². The van der Waals surface area contributed by atoms with Crippen molar-refractivity contribution in [2.24, 2.45) is 0 Å². The smallest absolute Gasteiger partial charge is 0.251 e. The van der Waals surface area contributed by atoms with Crippen LogP contribution in [0.4, 0.5) is 19.0 Å². The molecule has 5 heteroatoms. The van der Waals surface area contributed by atoms with Crippen LogP contribution in [0.3, 0.4) is 0 Å². The van der Waals surface area contributed by atoms with Gasteiger partial charge in [-0.3, -0.25) is 0 Å². The van der Waals surface area contributed by atoms with Crippen LogP contribution in [0.1, 0.15) is 12.5 Å². The Kier molecular flexibility index (Phi) is 4.04. The fraction of sp³-hybridized carbons (Fsp3) is 0.214. The first-order valence-corrected chi connectivity index (χ1v) is 5.92. The topological polar surface area (TPSA) is 16.1 Å². The van der Waals surface area contributed by atoms with Gasteiger partial charge in [0, 0.05) is 19.2 Å². The second-order valence-corrected chi connectivity index (χ2v) is 4.07. The van der Waals surface area contributed by atoms with Gasteiger partial charge in [0.2, 0.25) is 0 Å². The molecule has 0 spiro atoms. The van der Waals surface area contributed by atoms with Crippen molar-refractivity contribution in [1.29, 1.82) is 0 Å². The number of rotatable bonds is 4. The zero-order valence-corrected chi connectivity index (χ0v) is 10.4. The molecule has 0 aliphatic rings. The lowest BCUT2D eigenvalue weighted by molar-refractivity contribution is 0.462. The summed E-state index contributed by atoms with van der Waals surface area (Å²) in [6.45, 7) is 2.61. The van der Waals surface area contributed by atoms with Crippen LogP contribution in [0.15, 0.2) is 36.4 Å². The van der Waals surface area contributed by atoms with Crippen molar-refractivity contribution in [2.45, 2.75) is 13.5 Å². The third-order valence-electron chi connectivity index (χ3n) is 2.77. The van der Waals surface area contributed by atoms with Crippen molar-refractivity contribution in [3.05, 3.63) is 59.5 Å². The molecule has 100 valence electrons. The molecule has 19 heavy (non-hydrogen) atoms. The van der Waals surface area contributed by atoms with Crippen LogP contribution in [-0.4, -0.2) is 11.5 Å². The van der Waals surface area contributed by atoms with Crippen LogP contribution in [0, 0.1) is 17.6 Å². The average Bonchev–Trinajstić information content (AvgIpc) is 2.42. The zero-order valence-electron chi connectivity index (χ0n) is 10.4. The second-order valence-electron chi connectivity index (χ2n) is 4.07. The molecule has 0 aliphatic heterocycles. The number of hydrogen-bond donors (Lipinski definition) is 0. The van der Waals surface area contributed by atoms with Gasteiger partial charge in [0.15, 0.2) is 17.5 Å². The van der Waals surface area contributed by atoms with Crippen LogP contribution in [0.5, 0.6) is 0 Å². The third-order valence-corrected chi connectivity index (χ3v) is 2.77. The van der Waals surface area contributed by atoms with Crippen molar-refractivity contribution in [3.8, 4) is 0 Å². The van der Waals surface area contributed by atoms with E-state index in [0.29, 0.717) is 19.2 Å². The maximum absolute atomic E-state index is 13.7. The Morgan fingerprint density at radius 3 is 2.37 bits per heavy atom. The summed E-state index contributed by atoms with van der Waals surface area (Å²) >= 11 is 0. The van der Waals surface area contributed by atoms with Gasteiger partial charge in [-0.25, -0.2) is 8.78 Å². The van der Waals surface area contributed by atoms with E-state index >= 15 is 0 Å². The van der Waals surface area contributed by atoms with Crippen molar-refractivity contribution in [2.75, 3.05) is 11.4 Å². The van der Waals surface area contributed by atoms with Crippen LogP contribution in [-0.2, 0) is 6.54 Å². The zero-order chi connectivity index (χ0) is 13.8. The first kappa shape index (κ1) is 13.4. The van der Waals surface area contributed by atoms with Gasteiger partial charge in [-0.05, 0) is 12.5 Å². The van der Waals surface area contributed by atoms with E-state index in [0.717, 1.165) is 5.56 Å². The monoisotopic (exact) mass is 266 g/mol. The maximum atomic E-state index is 13.7. The predicted molar refractivity (Wildman–Crippen MR) is 67.3 cm³/mol. The molecule has 0 N–H and O–H groups in total. The van der Waals surface area contributed by atoms with Gasteiger partial charge in [-0.1, -0.05) is 30.3 Å². The Morgan fingerprint density at radius 1 is 1.05 bits per heavy atom. The molecule has 0 amide bonds. The Balaban J connectivity index is 2.30. The van der Waals surface area contributed by atoms with Crippen LogP contribution >= 0.6 is 0 Å². The van der Waals surface area contributed by atoms with Gasteiger partial charge in [0.25, 0.3) is 5.95 Å². The minimum absolute atomic E-state index is 0.176. The minimum atomic E-state index is -1.29. The van der Waals surface area contributed by atoms with E-state index in [9.17, 15) is 13.2 Å². The molecule has 2 aromatic rings. The van der Waals surface area contributed by atoms with Gasteiger partial charge in [0.1, 0.15) is 0 Å². The van der Waals surface area contributed by atoms with E-state index in [1.807, 2.05) is 30.3 Å². The van der Waals surface area contributed by atoms with E-state index in [2.05, 4.69) is 4.98 Å². The molecule has 0 unspecified atom stereocenters. The number of aromatic nitrogens is 1. The minimum Gasteiger partial charge on any atom is -0.350 e. The Bertz CT molecular complexity index is 558. The molecule has 2 nitrogen and oxygen atoms in total. The molecule has 0 aliphatic carbocycles. The summed E-state index contributed by atoms with van der Waals surface area (Å²) in [5.74, 6) is -3.61. The van der Waals surface area contributed by atoms with Crippen molar-refractivity contribution >= 4 is 5.82 Å². The average molecular weight is 266 g/mol. The standard InChI is InChI=1S/C14H13F3N2/c1-2-19(9-10-6-4-3-5-7-10)14-12(16)8-11(15)13(17)18-14/h3-8H,2,9H2,1H3. The highest BCUT2D eigenvalue weighted by Crippen LogP contribution is 2.20. The normalized spacial score (nSPS) is 10.5. The van der Waals surface area contributed by atoms with Gasteiger partial charge < -0.3 is 4.90 Å². The van der Waals surface area contributed by atoms with E-state index in [-0.39, 0.29) is 5.82 Å². The lowest BCUT2D eigenvalue weighted by atomic mass is 10.2. The first-order valence-electron chi connectivity index (χ1n) is 5.92. The van der Waals surface area contributed by atoms with Gasteiger partial charge in [-0.2, -0.15) is 9.37 Å². The fourth-order valence-corrected chi connectivity index (χ4v) is 1.80. The van der Waals surface area contributed by atoms with Crippen LogP contribution in [0.2, 0.25) is 0 Å². The Morgan fingerprint density at radius 2 is 1.74 bits per heavy atom. The highest BCUT2D eigenvalue weighted by atomic mass is 19.2. The molecular formula is C14H13F3N2. The largest absolute Gasteiger partial charge is 0.350 e. The predicted octanol–water partition coefficient (Wildman–Crippen LogP) is 3.53. The highest BCUT2D eigenvalue weighted by Gasteiger charge is 2.16. The summed E-state index contributed by atoms with van der Waals surface area (Å²) in [5.41, 5.74) is 0.940. The van der Waals surface area contributed by atoms with Gasteiger partial charge in [0.05, 0.1) is 0 Å². The van der Waals surface area contributed by atoms with Gasteiger partial charge >= 0.3 is 0 Å². The maximum Gasteiger partial charge on any atom is 0.251 e. The quantitative estimate of drug-likeness (QED) is 0.787. The molecule has 0 fully saturated rings. The molecule has 0 atom stereocenters. The van der Waals surface area contributed by atoms with E-state index in [1.165, 1.54) is 0 Å². The lowest BCUT2D eigenvalue weighted by Crippen LogP contribution is -2.24. The van der Waals surface area contributed by atoms with Crippen LogP contribution < -0.4 is 4.90 Å². The Labute approximate surface area is 109 Å². The fourth-order valence-electron chi connectivity index (χ4n) is 1.80. The molecule has 0 saturated heterocycles. The molecular weight excluding hydrogens is 253 g/mol. The summed E-state index contributed by atoms with van der Waals surface area (Å²) in [6, 6.07) is 9.86. The second kappa shape index (κ2) is 5.73. The number of halogens is 3. The van der Waals surface area contributed by atoms with Gasteiger partial charge in [-0.15, -0.1) is 0 Å². The molecule has 0 bridgehead atoms. The first-order chi connectivity index (χ1) is 9.11. The number of pyridine rings is 1. The molecule has 2 rings (SSSR count). The molecule has 1 aromatic heterocycles. The number of benzene rings is 1. The third kappa shape index (κ3) is 3.05. The summed E-state index contributed by atoms with van der Waals surface area (Å²) in [6.07, 6.45) is 0. The van der Waals surface area contributed by atoms with E-state index in [4.69, 9.17) is 0 Å². The summed E-state index contributed by atoms with van der Waals surface area (Å²) < 4.78 is 39.6. The van der Waals surface area contributed by atoms with E-state index < -0.39 is 17.6 Å². The molecule has 0 saturated carbocycles. The summed E-state index contributed by atoms with van der Waals surface area (Å²) in [4.78, 5) is 4.90. The van der Waals surface area contributed by atoms with Crippen molar-refractivity contribution < 1.29 is 13.2 Å². The Hall–Kier alpha value is -2.04. The summed E-state index contributed by atoms with van der Waals surface area (Å²) in [5, 5.41) is 0. The molecule has 1 aromatic carbocycles. The molecule has 0 radical (unpaired) electrons. The van der Waals surface area contributed by atoms with Crippen molar-refractivity contribution in [1.82, 2.24) is 4.98 Å².